The summed E-state index contributed by atoms with van der Waals surface area (Å²) in [5, 5.41) is 16.6. The van der Waals surface area contributed by atoms with Crippen molar-refractivity contribution in [1.82, 2.24) is 25.1 Å². The van der Waals surface area contributed by atoms with E-state index >= 15 is 0 Å². The van der Waals surface area contributed by atoms with Gasteiger partial charge in [0.15, 0.2) is 0 Å². The van der Waals surface area contributed by atoms with Gasteiger partial charge < -0.3 is 0 Å². The van der Waals surface area contributed by atoms with Crippen LogP contribution in [0.15, 0.2) is 35.6 Å². The van der Waals surface area contributed by atoms with Crippen molar-refractivity contribution in [2.45, 2.75) is 19.8 Å². The maximum atomic E-state index is 12.9. The van der Waals surface area contributed by atoms with Crippen LogP contribution in [0.4, 0.5) is 8.78 Å². The average Bonchev–Trinajstić information content (AvgIpc) is 3.19. The first kappa shape index (κ1) is 16.2. The second-order valence-electron chi connectivity index (χ2n) is 4.99. The minimum atomic E-state index is -2.78. The van der Waals surface area contributed by atoms with Crippen LogP contribution in [-0.4, -0.2) is 31.3 Å². The van der Waals surface area contributed by atoms with Gasteiger partial charge in [0.1, 0.15) is 0 Å². The Hall–Kier alpha value is -2.68. The summed E-state index contributed by atoms with van der Waals surface area (Å²) in [4.78, 5) is 0. The van der Waals surface area contributed by atoms with Crippen molar-refractivity contribution < 1.29 is 8.78 Å². The summed E-state index contributed by atoms with van der Waals surface area (Å²) in [6.07, 6.45) is 1.23. The lowest BCUT2D eigenvalue weighted by molar-refractivity contribution is 0.136. The Morgan fingerprint density at radius 1 is 1.29 bits per heavy atom. The van der Waals surface area contributed by atoms with E-state index in [-0.39, 0.29) is 4.77 Å². The highest BCUT2D eigenvalue weighted by Gasteiger charge is 2.16. The summed E-state index contributed by atoms with van der Waals surface area (Å²) in [6.45, 7) is 2.08. The van der Waals surface area contributed by atoms with E-state index < -0.39 is 12.2 Å². The van der Waals surface area contributed by atoms with E-state index in [9.17, 15) is 8.78 Å². The number of aromatic amines is 2. The van der Waals surface area contributed by atoms with Crippen LogP contribution in [0.5, 0.6) is 0 Å². The molecule has 0 saturated heterocycles. The van der Waals surface area contributed by atoms with Crippen LogP contribution in [0.1, 0.15) is 30.4 Å². The number of alkyl halides is 2. The van der Waals surface area contributed by atoms with Crippen LogP contribution < -0.4 is 0 Å². The first-order valence-electron chi connectivity index (χ1n) is 7.22. The molecular weight excluding hydrogens is 334 g/mol. The maximum absolute atomic E-state index is 12.9. The monoisotopic (exact) mass is 348 g/mol. The first-order chi connectivity index (χ1) is 11.6. The Balaban J connectivity index is 1.94. The Labute approximate surface area is 141 Å². The van der Waals surface area contributed by atoms with Gasteiger partial charge in [-0.15, -0.1) is 0 Å². The van der Waals surface area contributed by atoms with Gasteiger partial charge in [-0.3, -0.25) is 5.10 Å². The SMILES string of the molecule is CCc1ccc(-c2cn[nH]c2/C=N/n2c(C(F)F)n[nH]c2=S)cc1. The summed E-state index contributed by atoms with van der Waals surface area (Å²) in [5.41, 5.74) is 3.58. The summed E-state index contributed by atoms with van der Waals surface area (Å²) in [7, 11) is 0. The third kappa shape index (κ3) is 3.16. The Kier molecular flexibility index (Phi) is 4.61. The number of nitrogens with zero attached hydrogens (tertiary/aromatic N) is 4. The quantitative estimate of drug-likeness (QED) is 0.545. The Morgan fingerprint density at radius 2 is 2.04 bits per heavy atom. The molecule has 1 aromatic carbocycles. The molecular formula is C15H14F2N6S. The fourth-order valence-corrected chi connectivity index (χ4v) is 2.40. The number of H-pyrrole nitrogens is 2. The minimum Gasteiger partial charge on any atom is -0.276 e. The highest BCUT2D eigenvalue weighted by molar-refractivity contribution is 7.71. The lowest BCUT2D eigenvalue weighted by Gasteiger charge is -2.02. The van der Waals surface area contributed by atoms with Gasteiger partial charge in [-0.05, 0) is 29.8 Å². The van der Waals surface area contributed by atoms with E-state index in [1.54, 1.807) is 6.20 Å². The summed E-state index contributed by atoms with van der Waals surface area (Å²) in [6, 6.07) is 8.03. The number of halogens is 2. The van der Waals surface area contributed by atoms with Gasteiger partial charge in [0.2, 0.25) is 10.6 Å². The normalized spacial score (nSPS) is 11.7. The molecule has 9 heteroatoms. The molecule has 0 saturated carbocycles. The van der Waals surface area contributed by atoms with Gasteiger partial charge >= 0.3 is 0 Å². The lowest BCUT2D eigenvalue weighted by atomic mass is 10.0. The molecule has 6 nitrogen and oxygen atoms in total. The van der Waals surface area contributed by atoms with Gasteiger partial charge in [0.05, 0.1) is 18.1 Å². The molecule has 2 heterocycles. The Morgan fingerprint density at radius 3 is 2.71 bits per heavy atom. The molecule has 24 heavy (non-hydrogen) atoms. The summed E-state index contributed by atoms with van der Waals surface area (Å²) in [5.74, 6) is -0.537. The van der Waals surface area contributed by atoms with Crippen LogP contribution in [-0.2, 0) is 6.42 Å². The number of rotatable bonds is 5. The molecule has 0 unspecified atom stereocenters. The molecule has 124 valence electrons. The standard InChI is InChI=1S/C15H14F2N6S/c1-2-9-3-5-10(6-4-9)11-7-18-20-12(11)8-19-23-14(13(16)17)21-22-15(23)24/h3-8,13H,2H2,1H3,(H,18,20)(H,22,24)/b19-8+. The van der Waals surface area contributed by atoms with Crippen molar-refractivity contribution in [2.75, 3.05) is 0 Å². The van der Waals surface area contributed by atoms with Gasteiger partial charge in [-0.2, -0.15) is 20.0 Å². The van der Waals surface area contributed by atoms with Crippen LogP contribution in [0.2, 0.25) is 0 Å². The molecule has 0 aliphatic rings. The minimum absolute atomic E-state index is 0.00471. The number of benzene rings is 1. The van der Waals surface area contributed by atoms with E-state index in [1.165, 1.54) is 11.8 Å². The number of hydrogen-bond donors (Lipinski definition) is 2. The predicted octanol–water partition coefficient (Wildman–Crippen LogP) is 3.71. The first-order valence-corrected chi connectivity index (χ1v) is 7.63. The highest BCUT2D eigenvalue weighted by atomic mass is 32.1. The highest BCUT2D eigenvalue weighted by Crippen LogP contribution is 2.22. The zero-order valence-corrected chi connectivity index (χ0v) is 13.5. The fourth-order valence-electron chi connectivity index (χ4n) is 2.22. The fraction of sp³-hybridized carbons (Fsp3) is 0.200. The van der Waals surface area contributed by atoms with E-state index in [1.807, 2.05) is 24.3 Å². The molecule has 3 rings (SSSR count). The zero-order chi connectivity index (χ0) is 17.1. The average molecular weight is 348 g/mol. The Bertz CT molecular complexity index is 907. The predicted molar refractivity (Wildman–Crippen MR) is 88.8 cm³/mol. The smallest absolute Gasteiger partial charge is 0.276 e. The van der Waals surface area contributed by atoms with E-state index in [0.29, 0.717) is 5.69 Å². The maximum Gasteiger partial charge on any atom is 0.299 e. The molecule has 0 fully saturated rings. The molecule has 0 aliphatic carbocycles. The number of hydrogen-bond acceptors (Lipinski definition) is 4. The molecule has 0 amide bonds. The molecule has 2 N–H and O–H groups in total. The molecule has 2 aromatic heterocycles. The van der Waals surface area contributed by atoms with E-state index in [0.717, 1.165) is 22.2 Å². The second-order valence-corrected chi connectivity index (χ2v) is 5.38. The molecule has 0 spiro atoms. The number of nitrogens with one attached hydrogen (secondary N) is 2. The molecule has 0 radical (unpaired) electrons. The van der Waals surface area contributed by atoms with Crippen molar-refractivity contribution in [3.63, 3.8) is 0 Å². The third-order valence-electron chi connectivity index (χ3n) is 3.51. The molecule has 0 bridgehead atoms. The zero-order valence-electron chi connectivity index (χ0n) is 12.7. The van der Waals surface area contributed by atoms with Crippen molar-refractivity contribution >= 4 is 18.4 Å². The van der Waals surface area contributed by atoms with Crippen molar-refractivity contribution in [2.24, 2.45) is 5.10 Å². The van der Waals surface area contributed by atoms with E-state index in [2.05, 4.69) is 32.4 Å². The summed E-state index contributed by atoms with van der Waals surface area (Å²) >= 11 is 4.91. The van der Waals surface area contributed by atoms with Crippen molar-refractivity contribution in [1.29, 1.82) is 0 Å². The molecule has 0 aliphatic heterocycles. The lowest BCUT2D eigenvalue weighted by Crippen LogP contribution is -2.00. The van der Waals surface area contributed by atoms with Crippen LogP contribution in [0.25, 0.3) is 11.1 Å². The second kappa shape index (κ2) is 6.83. The number of aryl methyl sites for hydroxylation is 1. The summed E-state index contributed by atoms with van der Waals surface area (Å²) < 4.78 is 26.6. The van der Waals surface area contributed by atoms with Gasteiger partial charge in [0.25, 0.3) is 6.43 Å². The third-order valence-corrected chi connectivity index (χ3v) is 3.78. The largest absolute Gasteiger partial charge is 0.299 e. The van der Waals surface area contributed by atoms with Crippen molar-refractivity contribution in [3.8, 4) is 11.1 Å². The molecule has 3 aromatic rings. The van der Waals surface area contributed by atoms with E-state index in [4.69, 9.17) is 12.2 Å². The number of aromatic nitrogens is 5. The molecule has 0 atom stereocenters. The topological polar surface area (TPSA) is 74.7 Å². The van der Waals surface area contributed by atoms with Crippen LogP contribution >= 0.6 is 12.2 Å². The van der Waals surface area contributed by atoms with Gasteiger partial charge in [0, 0.05) is 5.56 Å². The van der Waals surface area contributed by atoms with Crippen LogP contribution in [0.3, 0.4) is 0 Å². The van der Waals surface area contributed by atoms with Crippen LogP contribution in [0, 0.1) is 4.77 Å². The van der Waals surface area contributed by atoms with Crippen molar-refractivity contribution in [3.05, 3.63) is 52.3 Å². The van der Waals surface area contributed by atoms with Gasteiger partial charge in [-0.25, -0.2) is 13.9 Å². The van der Waals surface area contributed by atoms with Gasteiger partial charge in [-0.1, -0.05) is 31.2 Å².